The minimum absolute atomic E-state index is 0.375. The maximum absolute atomic E-state index is 8.95. The smallest absolute Gasteiger partial charge is 0.292 e. The van der Waals surface area contributed by atoms with Crippen LogP contribution in [0.5, 0.6) is 5.75 Å². The molecule has 1 heterocycles. The minimum Gasteiger partial charge on any atom is -0.488 e. The molecule has 2 aromatic rings. The van der Waals surface area contributed by atoms with E-state index in [1.807, 2.05) is 12.3 Å². The summed E-state index contributed by atoms with van der Waals surface area (Å²) in [5, 5.41) is 1.16. The number of hydrogen-bond donors (Lipinski definition) is 0. The van der Waals surface area contributed by atoms with Crippen LogP contribution in [-0.4, -0.2) is 24.7 Å². The van der Waals surface area contributed by atoms with Crippen LogP contribution in [-0.2, 0) is 9.53 Å². The molecule has 1 aliphatic rings. The molecule has 1 fully saturated rings. The van der Waals surface area contributed by atoms with E-state index >= 15 is 0 Å². The van der Waals surface area contributed by atoms with Gasteiger partial charge in [0.05, 0.1) is 13.2 Å². The summed E-state index contributed by atoms with van der Waals surface area (Å²) in [6.45, 7) is 2.47. The molecule has 0 unspecified atom stereocenters. The summed E-state index contributed by atoms with van der Waals surface area (Å²) >= 11 is 0. The summed E-state index contributed by atoms with van der Waals surface area (Å²) in [5.41, 5.74) is 2.22. The van der Waals surface area contributed by atoms with Gasteiger partial charge in [-0.15, -0.1) is 0 Å². The first-order valence-corrected chi connectivity index (χ1v) is 6.73. The van der Waals surface area contributed by atoms with Crippen LogP contribution in [0.4, 0.5) is 0 Å². The molecule has 0 N–H and O–H groups in total. The zero-order valence-corrected chi connectivity index (χ0v) is 11.8. The zero-order valence-electron chi connectivity index (χ0n) is 11.8. The third-order valence-electron chi connectivity index (χ3n) is 3.26. The van der Waals surface area contributed by atoms with Crippen molar-refractivity contribution in [3.8, 4) is 5.75 Å². The number of carbonyl (C=O) groups is 1. The van der Waals surface area contributed by atoms with Crippen molar-refractivity contribution in [2.24, 2.45) is 0 Å². The maximum atomic E-state index is 8.95. The highest BCUT2D eigenvalue weighted by Crippen LogP contribution is 2.30. The van der Waals surface area contributed by atoms with Gasteiger partial charge in [-0.05, 0) is 49.9 Å². The number of hydrogen-bond acceptors (Lipinski definition) is 4. The summed E-state index contributed by atoms with van der Waals surface area (Å²) in [5.74, 6) is 0.945. The summed E-state index contributed by atoms with van der Waals surface area (Å²) in [4.78, 5) is 13.4. The fourth-order valence-corrected chi connectivity index (χ4v) is 2.06. The standard InChI is InChI=1S/C14H15NO.C2H4O2/c1-10-8-11-4-3-7-15-14(11)13(9-10)16-12-5-2-6-12;1-4-2-3/h3-4,7-9,12H,2,5-6H2,1H3;2H,1H3. The van der Waals surface area contributed by atoms with Crippen LogP contribution in [0.2, 0.25) is 0 Å². The van der Waals surface area contributed by atoms with E-state index in [0.717, 1.165) is 16.7 Å². The third kappa shape index (κ3) is 3.47. The predicted molar refractivity (Wildman–Crippen MR) is 77.8 cm³/mol. The van der Waals surface area contributed by atoms with E-state index < -0.39 is 0 Å². The molecule has 1 saturated carbocycles. The highest BCUT2D eigenvalue weighted by Gasteiger charge is 2.20. The van der Waals surface area contributed by atoms with Crippen LogP contribution < -0.4 is 4.74 Å². The number of rotatable bonds is 3. The lowest BCUT2D eigenvalue weighted by molar-refractivity contribution is -0.126. The average Bonchev–Trinajstić information content (AvgIpc) is 2.42. The van der Waals surface area contributed by atoms with Gasteiger partial charge >= 0.3 is 0 Å². The van der Waals surface area contributed by atoms with E-state index in [0.29, 0.717) is 12.6 Å². The number of nitrogens with zero attached hydrogens (tertiary/aromatic N) is 1. The first-order valence-electron chi connectivity index (χ1n) is 6.73. The second kappa shape index (κ2) is 6.89. The van der Waals surface area contributed by atoms with Crippen LogP contribution in [0.15, 0.2) is 30.5 Å². The van der Waals surface area contributed by atoms with Crippen LogP contribution in [0, 0.1) is 6.92 Å². The minimum atomic E-state index is 0.375. The first-order chi connectivity index (χ1) is 9.74. The van der Waals surface area contributed by atoms with Gasteiger partial charge in [0.1, 0.15) is 11.3 Å². The van der Waals surface area contributed by atoms with Gasteiger partial charge in [-0.25, -0.2) is 0 Å². The largest absolute Gasteiger partial charge is 0.488 e. The molecule has 0 saturated heterocycles. The highest BCUT2D eigenvalue weighted by molar-refractivity contribution is 5.85. The quantitative estimate of drug-likeness (QED) is 0.805. The van der Waals surface area contributed by atoms with Gasteiger partial charge < -0.3 is 9.47 Å². The van der Waals surface area contributed by atoms with Crippen LogP contribution in [0.1, 0.15) is 24.8 Å². The van der Waals surface area contributed by atoms with Gasteiger partial charge in [0.25, 0.3) is 6.47 Å². The van der Waals surface area contributed by atoms with E-state index in [-0.39, 0.29) is 0 Å². The van der Waals surface area contributed by atoms with Gasteiger partial charge in [0, 0.05) is 11.6 Å². The van der Waals surface area contributed by atoms with Crippen molar-refractivity contribution in [3.05, 3.63) is 36.0 Å². The Labute approximate surface area is 118 Å². The molecule has 0 aliphatic heterocycles. The Bertz CT molecular complexity index is 579. The van der Waals surface area contributed by atoms with Crippen molar-refractivity contribution in [3.63, 3.8) is 0 Å². The number of carbonyl (C=O) groups excluding carboxylic acids is 1. The SMILES string of the molecule is COC=O.Cc1cc(OC2CCC2)c2ncccc2c1. The van der Waals surface area contributed by atoms with Gasteiger partial charge in [-0.1, -0.05) is 6.07 Å². The normalized spacial score (nSPS) is 13.9. The Hall–Kier alpha value is -2.10. The molecule has 106 valence electrons. The number of methoxy groups -OCH3 is 1. The van der Waals surface area contributed by atoms with Crippen molar-refractivity contribution in [1.29, 1.82) is 0 Å². The molecule has 4 heteroatoms. The van der Waals surface area contributed by atoms with Crippen molar-refractivity contribution in [2.75, 3.05) is 7.11 Å². The number of ether oxygens (including phenoxy) is 2. The Morgan fingerprint density at radius 3 is 2.70 bits per heavy atom. The highest BCUT2D eigenvalue weighted by atomic mass is 16.5. The van der Waals surface area contributed by atoms with Crippen molar-refractivity contribution in [1.82, 2.24) is 4.98 Å². The van der Waals surface area contributed by atoms with E-state index in [2.05, 4.69) is 34.8 Å². The fourth-order valence-electron chi connectivity index (χ4n) is 2.06. The molecule has 0 amide bonds. The molecule has 20 heavy (non-hydrogen) atoms. The van der Waals surface area contributed by atoms with E-state index in [9.17, 15) is 0 Å². The lowest BCUT2D eigenvalue weighted by atomic mass is 9.96. The van der Waals surface area contributed by atoms with Gasteiger partial charge in [0.2, 0.25) is 0 Å². The van der Waals surface area contributed by atoms with Gasteiger partial charge in [-0.2, -0.15) is 0 Å². The Balaban J connectivity index is 0.000000328. The Kier molecular flexibility index (Phi) is 4.93. The predicted octanol–water partition coefficient (Wildman–Crippen LogP) is 3.26. The summed E-state index contributed by atoms with van der Waals surface area (Å²) in [7, 11) is 1.31. The molecule has 4 nitrogen and oxygen atoms in total. The number of benzene rings is 1. The van der Waals surface area contributed by atoms with Crippen LogP contribution >= 0.6 is 0 Å². The molecule has 1 aromatic carbocycles. The van der Waals surface area contributed by atoms with Crippen molar-refractivity contribution >= 4 is 17.4 Å². The maximum Gasteiger partial charge on any atom is 0.292 e. The van der Waals surface area contributed by atoms with Gasteiger partial charge in [0.15, 0.2) is 0 Å². The molecule has 0 spiro atoms. The van der Waals surface area contributed by atoms with Crippen molar-refractivity contribution in [2.45, 2.75) is 32.3 Å². The van der Waals surface area contributed by atoms with E-state index in [1.165, 1.54) is 31.9 Å². The summed E-state index contributed by atoms with van der Waals surface area (Å²) in [6.07, 6.45) is 5.89. The second-order valence-corrected chi connectivity index (χ2v) is 4.84. The molecule has 0 bridgehead atoms. The topological polar surface area (TPSA) is 48.4 Å². The average molecular weight is 273 g/mol. The number of pyridine rings is 1. The second-order valence-electron chi connectivity index (χ2n) is 4.84. The van der Waals surface area contributed by atoms with E-state index in [4.69, 9.17) is 9.53 Å². The molecule has 1 aliphatic carbocycles. The molecular weight excluding hydrogens is 254 g/mol. The monoisotopic (exact) mass is 273 g/mol. The summed E-state index contributed by atoms with van der Waals surface area (Å²) in [6, 6.07) is 8.29. The number of aryl methyl sites for hydroxylation is 1. The van der Waals surface area contributed by atoms with Crippen LogP contribution in [0.3, 0.4) is 0 Å². The molecule has 0 radical (unpaired) electrons. The third-order valence-corrected chi connectivity index (χ3v) is 3.26. The Morgan fingerprint density at radius 1 is 1.35 bits per heavy atom. The van der Waals surface area contributed by atoms with E-state index in [1.54, 1.807) is 0 Å². The molecule has 1 aromatic heterocycles. The van der Waals surface area contributed by atoms with Gasteiger partial charge in [-0.3, -0.25) is 9.78 Å². The molecule has 0 atom stereocenters. The zero-order chi connectivity index (χ0) is 14.4. The number of aromatic nitrogens is 1. The van der Waals surface area contributed by atoms with Crippen LogP contribution in [0.25, 0.3) is 10.9 Å². The molecule has 3 rings (SSSR count). The Morgan fingerprint density at radius 2 is 2.10 bits per heavy atom. The molecular formula is C16H19NO3. The first kappa shape index (κ1) is 14.3. The van der Waals surface area contributed by atoms with Crippen molar-refractivity contribution < 1.29 is 14.3 Å². The fraction of sp³-hybridized carbons (Fsp3) is 0.375. The lowest BCUT2D eigenvalue weighted by Gasteiger charge is -2.26. The number of fused-ring (bicyclic) bond motifs is 1. The summed E-state index contributed by atoms with van der Waals surface area (Å²) < 4.78 is 9.84. The lowest BCUT2D eigenvalue weighted by Crippen LogP contribution is -2.24.